The van der Waals surface area contributed by atoms with Crippen molar-refractivity contribution in [3.05, 3.63) is 0 Å². The molecule has 0 bridgehead atoms. The molecule has 0 heterocycles. The summed E-state index contributed by atoms with van der Waals surface area (Å²) in [5, 5.41) is 0. The minimum Gasteiger partial charge on any atom is -0.312 e. The molecule has 1 fully saturated rings. The van der Waals surface area contributed by atoms with Gasteiger partial charge in [-0.3, -0.25) is 4.57 Å². The summed E-state index contributed by atoms with van der Waals surface area (Å²) in [6.45, 7) is 5.89. The van der Waals surface area contributed by atoms with Crippen molar-refractivity contribution in [2.45, 2.75) is 45.6 Å². The van der Waals surface area contributed by atoms with Crippen LogP contribution in [-0.4, -0.2) is 19.9 Å². The minimum atomic E-state index is -2.82. The lowest BCUT2D eigenvalue weighted by molar-refractivity contribution is 0.0239. The molecule has 0 N–H and O–H groups in total. The molecule has 1 aliphatic rings. The third-order valence-corrected chi connectivity index (χ3v) is 4.36. The molecule has 2 unspecified atom stereocenters. The van der Waals surface area contributed by atoms with Crippen LogP contribution < -0.4 is 0 Å². The summed E-state index contributed by atoms with van der Waals surface area (Å²) >= 11 is 0. The van der Waals surface area contributed by atoms with Gasteiger partial charge < -0.3 is 9.05 Å². The maximum absolute atomic E-state index is 11.7. The van der Waals surface area contributed by atoms with Crippen LogP contribution in [0.5, 0.6) is 0 Å². The Labute approximate surface area is 86.7 Å². The quantitative estimate of drug-likeness (QED) is 0.683. The first kappa shape index (κ1) is 12.2. The van der Waals surface area contributed by atoms with Gasteiger partial charge >= 0.3 is 7.60 Å². The maximum atomic E-state index is 11.7. The second kappa shape index (κ2) is 4.34. The molecular weight excluding hydrogens is 199 g/mol. The highest BCUT2D eigenvalue weighted by Gasteiger charge is 2.36. The van der Waals surface area contributed by atoms with Gasteiger partial charge in [0.25, 0.3) is 0 Å². The van der Waals surface area contributed by atoms with Crippen molar-refractivity contribution >= 4 is 7.60 Å². The van der Waals surface area contributed by atoms with Crippen molar-refractivity contribution < 1.29 is 13.6 Å². The van der Waals surface area contributed by atoms with Crippen LogP contribution in [0.2, 0.25) is 0 Å². The Bertz CT molecular complexity index is 238. The third kappa shape index (κ3) is 3.08. The van der Waals surface area contributed by atoms with E-state index in [0.717, 1.165) is 19.3 Å². The van der Waals surface area contributed by atoms with Crippen molar-refractivity contribution in [2.75, 3.05) is 13.8 Å². The predicted molar refractivity (Wildman–Crippen MR) is 57.7 cm³/mol. The van der Waals surface area contributed by atoms with Crippen LogP contribution in [0.3, 0.4) is 0 Å². The molecule has 4 heteroatoms. The lowest BCUT2D eigenvalue weighted by Crippen LogP contribution is -2.34. The standard InChI is InChI=1S/C10H21O3P/c1-10(2)8-6-5-7-9(10)13-14(4,11)12-3/h9H,5-8H2,1-4H3. The molecule has 0 spiro atoms. The fourth-order valence-electron chi connectivity index (χ4n) is 1.93. The Morgan fingerprint density at radius 3 is 2.50 bits per heavy atom. The highest BCUT2D eigenvalue weighted by molar-refractivity contribution is 7.52. The van der Waals surface area contributed by atoms with Gasteiger partial charge in [-0.15, -0.1) is 0 Å². The Hall–Kier alpha value is 0.150. The summed E-state index contributed by atoms with van der Waals surface area (Å²) < 4.78 is 22.1. The van der Waals surface area contributed by atoms with Crippen LogP contribution in [0.25, 0.3) is 0 Å². The van der Waals surface area contributed by atoms with Crippen molar-refractivity contribution in [2.24, 2.45) is 5.41 Å². The predicted octanol–water partition coefficient (Wildman–Crippen LogP) is 3.44. The molecule has 1 rings (SSSR count). The zero-order valence-electron chi connectivity index (χ0n) is 9.58. The van der Waals surface area contributed by atoms with E-state index >= 15 is 0 Å². The smallest absolute Gasteiger partial charge is 0.312 e. The average molecular weight is 220 g/mol. The number of hydrogen-bond acceptors (Lipinski definition) is 3. The van der Waals surface area contributed by atoms with E-state index in [9.17, 15) is 4.57 Å². The number of rotatable bonds is 3. The fraction of sp³-hybridized carbons (Fsp3) is 1.00. The lowest BCUT2D eigenvalue weighted by Gasteiger charge is -2.38. The Morgan fingerprint density at radius 1 is 1.36 bits per heavy atom. The van der Waals surface area contributed by atoms with Crippen LogP contribution >= 0.6 is 7.60 Å². The molecule has 3 nitrogen and oxygen atoms in total. The van der Waals surface area contributed by atoms with Gasteiger partial charge in [-0.1, -0.05) is 26.7 Å². The van der Waals surface area contributed by atoms with E-state index in [-0.39, 0.29) is 11.5 Å². The molecule has 0 aromatic rings. The molecule has 1 aliphatic carbocycles. The van der Waals surface area contributed by atoms with E-state index in [1.54, 1.807) is 0 Å². The largest absolute Gasteiger partial charge is 0.327 e. The highest BCUT2D eigenvalue weighted by Crippen LogP contribution is 2.50. The monoisotopic (exact) mass is 220 g/mol. The van der Waals surface area contributed by atoms with Crippen molar-refractivity contribution in [3.63, 3.8) is 0 Å². The molecular formula is C10H21O3P. The van der Waals surface area contributed by atoms with E-state index in [2.05, 4.69) is 13.8 Å². The topological polar surface area (TPSA) is 35.5 Å². The van der Waals surface area contributed by atoms with Gasteiger partial charge in [0.2, 0.25) is 0 Å². The lowest BCUT2D eigenvalue weighted by atomic mass is 9.75. The first-order valence-corrected chi connectivity index (χ1v) is 7.18. The van der Waals surface area contributed by atoms with E-state index in [0.29, 0.717) is 0 Å². The Morgan fingerprint density at radius 2 is 2.00 bits per heavy atom. The van der Waals surface area contributed by atoms with Crippen LogP contribution in [0.15, 0.2) is 0 Å². The van der Waals surface area contributed by atoms with Crippen LogP contribution in [0, 0.1) is 5.41 Å². The van der Waals surface area contributed by atoms with Crippen LogP contribution in [0.4, 0.5) is 0 Å². The first-order chi connectivity index (χ1) is 6.37. The van der Waals surface area contributed by atoms with E-state index < -0.39 is 7.60 Å². The molecule has 0 aromatic carbocycles. The summed E-state index contributed by atoms with van der Waals surface area (Å²) in [6, 6.07) is 0. The molecule has 0 aromatic heterocycles. The maximum Gasteiger partial charge on any atom is 0.327 e. The highest BCUT2D eigenvalue weighted by atomic mass is 31.2. The SMILES string of the molecule is COP(C)(=O)OC1CCCCC1(C)C. The second-order valence-corrected chi connectivity index (χ2v) is 6.90. The van der Waals surface area contributed by atoms with E-state index in [1.165, 1.54) is 20.2 Å². The summed E-state index contributed by atoms with van der Waals surface area (Å²) in [5.74, 6) is 0. The van der Waals surface area contributed by atoms with Crippen molar-refractivity contribution in [1.82, 2.24) is 0 Å². The molecule has 0 amide bonds. The van der Waals surface area contributed by atoms with Gasteiger partial charge in [0.1, 0.15) is 0 Å². The average Bonchev–Trinajstić information content (AvgIpc) is 2.09. The molecule has 0 aliphatic heterocycles. The normalized spacial score (nSPS) is 31.0. The van der Waals surface area contributed by atoms with Gasteiger partial charge in [-0.25, -0.2) is 0 Å². The van der Waals surface area contributed by atoms with Gasteiger partial charge in [0.15, 0.2) is 0 Å². The molecule has 0 radical (unpaired) electrons. The van der Waals surface area contributed by atoms with Gasteiger partial charge in [0, 0.05) is 13.8 Å². The summed E-state index contributed by atoms with van der Waals surface area (Å²) in [5.41, 5.74) is 0.127. The van der Waals surface area contributed by atoms with Gasteiger partial charge in [-0.05, 0) is 18.3 Å². The molecule has 1 saturated carbocycles. The first-order valence-electron chi connectivity index (χ1n) is 5.19. The summed E-state index contributed by atoms with van der Waals surface area (Å²) in [6.07, 6.45) is 4.62. The van der Waals surface area contributed by atoms with Crippen LogP contribution in [-0.2, 0) is 13.6 Å². The third-order valence-electron chi connectivity index (χ3n) is 3.06. The second-order valence-electron chi connectivity index (χ2n) is 4.78. The van der Waals surface area contributed by atoms with Crippen LogP contribution in [0.1, 0.15) is 39.5 Å². The molecule has 2 atom stereocenters. The van der Waals surface area contributed by atoms with Crippen molar-refractivity contribution in [3.8, 4) is 0 Å². The molecule has 14 heavy (non-hydrogen) atoms. The van der Waals surface area contributed by atoms with Crippen molar-refractivity contribution in [1.29, 1.82) is 0 Å². The van der Waals surface area contributed by atoms with Gasteiger partial charge in [0.05, 0.1) is 6.10 Å². The van der Waals surface area contributed by atoms with E-state index in [1.807, 2.05) is 0 Å². The zero-order valence-corrected chi connectivity index (χ0v) is 10.5. The number of hydrogen-bond donors (Lipinski definition) is 0. The zero-order chi connectivity index (χ0) is 10.8. The fourth-order valence-corrected chi connectivity index (χ4v) is 2.87. The molecule has 84 valence electrons. The Balaban J connectivity index is 2.62. The van der Waals surface area contributed by atoms with E-state index in [4.69, 9.17) is 9.05 Å². The minimum absolute atomic E-state index is 0.0760. The molecule has 0 saturated heterocycles. The summed E-state index contributed by atoms with van der Waals surface area (Å²) in [4.78, 5) is 0. The summed E-state index contributed by atoms with van der Waals surface area (Å²) in [7, 11) is -1.38. The Kier molecular flexibility index (Phi) is 3.79. The van der Waals surface area contributed by atoms with Gasteiger partial charge in [-0.2, -0.15) is 0 Å².